The van der Waals surface area contributed by atoms with Crippen LogP contribution < -0.4 is 15.6 Å². The molecular weight excluding hydrogens is 421 g/mol. The second kappa shape index (κ2) is 9.56. The first-order chi connectivity index (χ1) is 15.9. The van der Waals surface area contributed by atoms with E-state index in [9.17, 15) is 14.0 Å². The summed E-state index contributed by atoms with van der Waals surface area (Å²) in [6.45, 7) is 2.32. The van der Waals surface area contributed by atoms with Gasteiger partial charge in [-0.3, -0.25) is 4.79 Å². The van der Waals surface area contributed by atoms with Crippen molar-refractivity contribution < 1.29 is 13.9 Å². The molecule has 0 spiro atoms. The number of methoxy groups -OCH3 is 1. The van der Waals surface area contributed by atoms with Crippen LogP contribution in [0.2, 0.25) is 0 Å². The third kappa shape index (κ3) is 5.38. The number of carbonyl (C=O) groups excluding carboxylic acids is 1. The minimum absolute atomic E-state index is 0.0954. The molecule has 6 nitrogen and oxygen atoms in total. The number of carbonyl (C=O) groups is 1. The lowest BCUT2D eigenvalue weighted by Crippen LogP contribution is -2.35. The molecule has 0 atom stereocenters. The Morgan fingerprint density at radius 1 is 1.00 bits per heavy atom. The number of anilines is 1. The van der Waals surface area contributed by atoms with Gasteiger partial charge in [0.1, 0.15) is 11.6 Å². The van der Waals surface area contributed by atoms with E-state index in [-0.39, 0.29) is 24.5 Å². The lowest BCUT2D eigenvalue weighted by Gasteiger charge is -2.23. The highest BCUT2D eigenvalue weighted by molar-refractivity contribution is 5.89. The van der Waals surface area contributed by atoms with Gasteiger partial charge in [-0.2, -0.15) is 0 Å². The molecule has 2 N–H and O–H groups in total. The SMILES string of the molecule is COc1ccc(CN(Cc2cc3ccc(C)cc3[nH]c2=O)C(=O)Nc2ccc(F)cc2)cc1. The molecule has 1 heterocycles. The number of aromatic nitrogens is 1. The molecule has 33 heavy (non-hydrogen) atoms. The number of halogens is 1. The molecule has 0 fully saturated rings. The Morgan fingerprint density at radius 3 is 2.42 bits per heavy atom. The van der Waals surface area contributed by atoms with E-state index in [1.807, 2.05) is 49.4 Å². The minimum Gasteiger partial charge on any atom is -0.497 e. The highest BCUT2D eigenvalue weighted by atomic mass is 19.1. The Morgan fingerprint density at radius 2 is 1.73 bits per heavy atom. The number of hydrogen-bond donors (Lipinski definition) is 2. The molecule has 0 saturated heterocycles. The monoisotopic (exact) mass is 445 g/mol. The third-order valence-corrected chi connectivity index (χ3v) is 5.35. The number of hydrogen-bond acceptors (Lipinski definition) is 3. The van der Waals surface area contributed by atoms with E-state index in [0.29, 0.717) is 17.0 Å². The molecule has 0 unspecified atom stereocenters. The van der Waals surface area contributed by atoms with Crippen LogP contribution in [0.1, 0.15) is 16.7 Å². The molecule has 3 aromatic carbocycles. The summed E-state index contributed by atoms with van der Waals surface area (Å²) in [5.74, 6) is 0.323. The molecule has 0 aliphatic carbocycles. The van der Waals surface area contributed by atoms with Crippen molar-refractivity contribution in [2.24, 2.45) is 0 Å². The van der Waals surface area contributed by atoms with E-state index < -0.39 is 6.03 Å². The molecule has 0 aliphatic rings. The molecule has 1 aromatic heterocycles. The summed E-state index contributed by atoms with van der Waals surface area (Å²) in [6, 6.07) is 20.1. The van der Waals surface area contributed by atoms with Gasteiger partial charge in [-0.25, -0.2) is 9.18 Å². The number of nitrogens with one attached hydrogen (secondary N) is 2. The summed E-state index contributed by atoms with van der Waals surface area (Å²) >= 11 is 0. The summed E-state index contributed by atoms with van der Waals surface area (Å²) < 4.78 is 18.4. The number of H-pyrrole nitrogens is 1. The number of aryl methyl sites for hydroxylation is 1. The van der Waals surface area contributed by atoms with Crippen LogP contribution in [0.15, 0.2) is 77.6 Å². The molecule has 0 radical (unpaired) electrons. The Kier molecular flexibility index (Phi) is 6.40. The summed E-state index contributed by atoms with van der Waals surface area (Å²) in [5.41, 5.74) is 3.35. The van der Waals surface area contributed by atoms with Crippen LogP contribution in [-0.4, -0.2) is 23.0 Å². The lowest BCUT2D eigenvalue weighted by molar-refractivity contribution is 0.206. The Balaban J connectivity index is 1.63. The zero-order chi connectivity index (χ0) is 23.4. The van der Waals surface area contributed by atoms with Crippen molar-refractivity contribution in [2.45, 2.75) is 20.0 Å². The lowest BCUT2D eigenvalue weighted by atomic mass is 10.1. The van der Waals surface area contributed by atoms with Crippen molar-refractivity contribution in [3.05, 3.63) is 106 Å². The second-order valence-corrected chi connectivity index (χ2v) is 7.86. The number of benzene rings is 3. The van der Waals surface area contributed by atoms with Gasteiger partial charge in [0.05, 0.1) is 13.7 Å². The number of urea groups is 1. The highest BCUT2D eigenvalue weighted by Gasteiger charge is 2.17. The zero-order valence-electron chi connectivity index (χ0n) is 18.4. The number of amides is 2. The minimum atomic E-state index is -0.402. The van der Waals surface area contributed by atoms with Gasteiger partial charge in [-0.1, -0.05) is 24.3 Å². The predicted molar refractivity (Wildman–Crippen MR) is 127 cm³/mol. The van der Waals surface area contributed by atoms with Crippen LogP contribution >= 0.6 is 0 Å². The molecule has 0 bridgehead atoms. The van der Waals surface area contributed by atoms with Crippen molar-refractivity contribution in [3.63, 3.8) is 0 Å². The summed E-state index contributed by atoms with van der Waals surface area (Å²) in [7, 11) is 1.59. The van der Waals surface area contributed by atoms with Gasteiger partial charge in [-0.05, 0) is 72.0 Å². The first-order valence-corrected chi connectivity index (χ1v) is 10.5. The average molecular weight is 445 g/mol. The number of pyridine rings is 1. The van der Waals surface area contributed by atoms with Crippen LogP contribution in [-0.2, 0) is 13.1 Å². The van der Waals surface area contributed by atoms with Crippen LogP contribution in [0.25, 0.3) is 10.9 Å². The average Bonchev–Trinajstić information content (AvgIpc) is 2.81. The molecule has 0 saturated carbocycles. The number of nitrogens with zero attached hydrogens (tertiary/aromatic N) is 1. The Bertz CT molecular complexity index is 1330. The van der Waals surface area contributed by atoms with E-state index in [0.717, 1.165) is 22.0 Å². The predicted octanol–water partition coefficient (Wildman–Crippen LogP) is 5.22. The number of ether oxygens (including phenoxy) is 1. The van der Waals surface area contributed by atoms with E-state index in [1.165, 1.54) is 29.2 Å². The van der Waals surface area contributed by atoms with Crippen molar-refractivity contribution in [2.75, 3.05) is 12.4 Å². The molecule has 7 heteroatoms. The summed E-state index contributed by atoms with van der Waals surface area (Å²) in [4.78, 5) is 30.3. The van der Waals surface area contributed by atoms with Gasteiger partial charge in [0.2, 0.25) is 0 Å². The van der Waals surface area contributed by atoms with Gasteiger partial charge >= 0.3 is 6.03 Å². The first kappa shape index (κ1) is 22.1. The number of aromatic amines is 1. The fraction of sp³-hybridized carbons (Fsp3) is 0.154. The molecule has 0 aliphatic heterocycles. The van der Waals surface area contributed by atoms with Gasteiger partial charge in [-0.15, -0.1) is 0 Å². The van der Waals surface area contributed by atoms with Gasteiger partial charge in [0.15, 0.2) is 0 Å². The quantitative estimate of drug-likeness (QED) is 0.427. The van der Waals surface area contributed by atoms with Crippen LogP contribution in [0.4, 0.5) is 14.9 Å². The number of rotatable bonds is 6. The maximum atomic E-state index is 13.2. The fourth-order valence-corrected chi connectivity index (χ4v) is 3.57. The molecule has 2 amide bonds. The van der Waals surface area contributed by atoms with Crippen molar-refractivity contribution in [1.82, 2.24) is 9.88 Å². The van der Waals surface area contributed by atoms with Crippen LogP contribution in [0.5, 0.6) is 5.75 Å². The smallest absolute Gasteiger partial charge is 0.322 e. The summed E-state index contributed by atoms with van der Waals surface area (Å²) in [6.07, 6.45) is 0. The molecule has 4 rings (SSSR count). The van der Waals surface area contributed by atoms with E-state index in [1.54, 1.807) is 13.2 Å². The van der Waals surface area contributed by atoms with Crippen molar-refractivity contribution in [3.8, 4) is 5.75 Å². The van der Waals surface area contributed by atoms with Gasteiger partial charge in [0, 0.05) is 23.3 Å². The largest absolute Gasteiger partial charge is 0.497 e. The Labute approximate surface area is 190 Å². The molecular formula is C26H24FN3O3. The van der Waals surface area contributed by atoms with Crippen molar-refractivity contribution >= 4 is 22.6 Å². The summed E-state index contributed by atoms with van der Waals surface area (Å²) in [5, 5.41) is 3.67. The third-order valence-electron chi connectivity index (χ3n) is 5.35. The Hall–Kier alpha value is -4.13. The standard InChI is InChI=1S/C26H24FN3O3/c1-17-3-6-19-14-20(25(31)29-24(19)13-17)16-30(15-18-4-11-23(33-2)12-5-18)26(32)28-22-9-7-21(27)8-10-22/h3-14H,15-16H2,1-2H3,(H,28,32)(H,29,31). The normalized spacial score (nSPS) is 10.8. The first-order valence-electron chi connectivity index (χ1n) is 10.5. The van der Waals surface area contributed by atoms with Crippen LogP contribution in [0.3, 0.4) is 0 Å². The zero-order valence-corrected chi connectivity index (χ0v) is 18.4. The topological polar surface area (TPSA) is 74.4 Å². The fourth-order valence-electron chi connectivity index (χ4n) is 3.57. The van der Waals surface area contributed by atoms with Crippen LogP contribution in [0, 0.1) is 12.7 Å². The highest BCUT2D eigenvalue weighted by Crippen LogP contribution is 2.18. The van der Waals surface area contributed by atoms with E-state index in [2.05, 4.69) is 10.3 Å². The van der Waals surface area contributed by atoms with Crippen molar-refractivity contribution in [1.29, 1.82) is 0 Å². The maximum Gasteiger partial charge on any atom is 0.322 e. The van der Waals surface area contributed by atoms with Gasteiger partial charge < -0.3 is 19.9 Å². The number of fused-ring (bicyclic) bond motifs is 1. The van der Waals surface area contributed by atoms with Gasteiger partial charge in [0.25, 0.3) is 5.56 Å². The second-order valence-electron chi connectivity index (χ2n) is 7.86. The maximum absolute atomic E-state index is 13.2. The van der Waals surface area contributed by atoms with E-state index in [4.69, 9.17) is 4.74 Å². The molecule has 4 aromatic rings. The van der Waals surface area contributed by atoms with E-state index >= 15 is 0 Å². The molecule has 168 valence electrons.